The van der Waals surface area contributed by atoms with Crippen molar-refractivity contribution in [2.24, 2.45) is 0 Å². The van der Waals surface area contributed by atoms with Crippen LogP contribution in [0.4, 0.5) is 8.78 Å². The van der Waals surface area contributed by atoms with E-state index in [1.165, 1.54) is 19.2 Å². The maximum atomic E-state index is 12.0. The fourth-order valence-corrected chi connectivity index (χ4v) is 1.57. The fraction of sp³-hybridized carbons (Fsp3) is 0.400. The molecule has 0 radical (unpaired) electrons. The van der Waals surface area contributed by atoms with E-state index in [9.17, 15) is 8.78 Å². The average Bonchev–Trinajstić information content (AvgIpc) is 2.20. The van der Waals surface area contributed by atoms with E-state index in [2.05, 4.69) is 27.3 Å². The zero-order chi connectivity index (χ0) is 12.1. The van der Waals surface area contributed by atoms with Gasteiger partial charge in [-0.2, -0.15) is 8.78 Å². The number of rotatable bonds is 5. The molecule has 0 bridgehead atoms. The van der Waals surface area contributed by atoms with Crippen LogP contribution < -0.4 is 9.47 Å². The lowest BCUT2D eigenvalue weighted by Gasteiger charge is -2.12. The lowest BCUT2D eigenvalue weighted by Crippen LogP contribution is -2.05. The molecule has 0 saturated carbocycles. The van der Waals surface area contributed by atoms with Crippen LogP contribution in [0, 0.1) is 10.5 Å². The first kappa shape index (κ1) is 13.4. The molecule has 0 saturated heterocycles. The number of benzene rings is 1. The highest BCUT2D eigenvalue weighted by molar-refractivity contribution is 14.1. The van der Waals surface area contributed by atoms with Crippen LogP contribution in [0.25, 0.3) is 0 Å². The summed E-state index contributed by atoms with van der Waals surface area (Å²) in [5, 5.41) is 0. The zero-order valence-corrected chi connectivity index (χ0v) is 11.0. The quantitative estimate of drug-likeness (QED) is 0.607. The van der Waals surface area contributed by atoms with Crippen LogP contribution in [0.15, 0.2) is 12.1 Å². The number of hydrogen-bond acceptors (Lipinski definition) is 3. The molecule has 0 fully saturated rings. The fourth-order valence-electron chi connectivity index (χ4n) is 1.10. The van der Waals surface area contributed by atoms with Gasteiger partial charge in [0.15, 0.2) is 6.79 Å². The highest BCUT2D eigenvalue weighted by atomic mass is 127. The summed E-state index contributed by atoms with van der Waals surface area (Å²) in [7, 11) is 1.49. The molecule has 0 unspecified atom stereocenters. The van der Waals surface area contributed by atoms with Gasteiger partial charge in [0.1, 0.15) is 11.5 Å². The van der Waals surface area contributed by atoms with Crippen molar-refractivity contribution in [1.29, 1.82) is 0 Å². The van der Waals surface area contributed by atoms with Gasteiger partial charge in [0, 0.05) is 13.2 Å². The zero-order valence-electron chi connectivity index (χ0n) is 8.80. The lowest BCUT2D eigenvalue weighted by molar-refractivity contribution is -0.0501. The summed E-state index contributed by atoms with van der Waals surface area (Å²) in [6.45, 7) is -0.984. The molecule has 0 N–H and O–H groups in total. The molecule has 0 amide bonds. The van der Waals surface area contributed by atoms with Gasteiger partial charge < -0.3 is 14.2 Å². The standard InChI is InChI=1S/C10H11F2IO3/c1-6-3-7(16-10(11)12)4-8(9(6)13)15-5-14-2/h3-4,10H,5H2,1-2H3. The number of ether oxygens (including phenoxy) is 3. The monoisotopic (exact) mass is 344 g/mol. The van der Waals surface area contributed by atoms with Gasteiger partial charge in [0.2, 0.25) is 0 Å². The first-order chi connectivity index (χ1) is 7.54. The van der Waals surface area contributed by atoms with Crippen molar-refractivity contribution in [3.05, 3.63) is 21.3 Å². The van der Waals surface area contributed by atoms with Crippen LogP contribution in [0.2, 0.25) is 0 Å². The third-order valence-corrected chi connectivity index (χ3v) is 3.13. The van der Waals surface area contributed by atoms with Gasteiger partial charge in [-0.3, -0.25) is 0 Å². The molecule has 1 aromatic carbocycles. The third kappa shape index (κ3) is 3.75. The molecule has 0 aliphatic rings. The summed E-state index contributed by atoms with van der Waals surface area (Å²) in [5.74, 6) is 0.553. The molecule has 0 heterocycles. The van der Waals surface area contributed by atoms with Crippen molar-refractivity contribution in [3.63, 3.8) is 0 Å². The summed E-state index contributed by atoms with van der Waals surface area (Å²) < 4.78 is 39.2. The molecule has 90 valence electrons. The maximum Gasteiger partial charge on any atom is 0.387 e. The topological polar surface area (TPSA) is 27.7 Å². The number of halogens is 3. The van der Waals surface area contributed by atoms with E-state index in [4.69, 9.17) is 9.47 Å². The molecule has 1 rings (SSSR count). The molecule has 6 heteroatoms. The summed E-state index contributed by atoms with van der Waals surface area (Å²) in [4.78, 5) is 0. The van der Waals surface area contributed by atoms with Crippen molar-refractivity contribution in [3.8, 4) is 11.5 Å². The largest absolute Gasteiger partial charge is 0.466 e. The highest BCUT2D eigenvalue weighted by Crippen LogP contribution is 2.30. The van der Waals surface area contributed by atoms with Gasteiger partial charge in [-0.25, -0.2) is 0 Å². The van der Waals surface area contributed by atoms with Crippen LogP contribution in [0.5, 0.6) is 11.5 Å². The predicted octanol–water partition coefficient (Wildman–Crippen LogP) is 3.18. The van der Waals surface area contributed by atoms with E-state index >= 15 is 0 Å². The van der Waals surface area contributed by atoms with E-state index in [1.54, 1.807) is 6.92 Å². The lowest BCUT2D eigenvalue weighted by atomic mass is 10.2. The second-order valence-corrected chi connectivity index (χ2v) is 4.06. The highest BCUT2D eigenvalue weighted by Gasteiger charge is 2.11. The summed E-state index contributed by atoms with van der Waals surface area (Å²) in [6, 6.07) is 2.95. The molecule has 0 spiro atoms. The van der Waals surface area contributed by atoms with E-state index in [0.717, 1.165) is 9.13 Å². The second-order valence-electron chi connectivity index (χ2n) is 2.98. The van der Waals surface area contributed by atoms with Crippen LogP contribution >= 0.6 is 22.6 Å². The Morgan fingerprint density at radius 1 is 1.38 bits per heavy atom. The van der Waals surface area contributed by atoms with E-state index in [-0.39, 0.29) is 12.5 Å². The third-order valence-electron chi connectivity index (χ3n) is 1.75. The smallest absolute Gasteiger partial charge is 0.387 e. The van der Waals surface area contributed by atoms with Crippen molar-refractivity contribution < 1.29 is 23.0 Å². The Bertz CT molecular complexity index is 358. The van der Waals surface area contributed by atoms with Gasteiger partial charge in [-0.1, -0.05) is 0 Å². The summed E-state index contributed by atoms with van der Waals surface area (Å²) in [5.41, 5.74) is 0.810. The van der Waals surface area contributed by atoms with E-state index in [0.29, 0.717) is 5.75 Å². The van der Waals surface area contributed by atoms with Crippen molar-refractivity contribution in [1.82, 2.24) is 0 Å². The van der Waals surface area contributed by atoms with Crippen LogP contribution in [-0.4, -0.2) is 20.5 Å². The Labute approximate surface area is 106 Å². The summed E-state index contributed by atoms with van der Waals surface area (Å²) >= 11 is 2.07. The molecule has 0 aliphatic carbocycles. The van der Waals surface area contributed by atoms with Gasteiger partial charge in [0.05, 0.1) is 3.57 Å². The van der Waals surface area contributed by atoms with Gasteiger partial charge in [0.25, 0.3) is 0 Å². The second kappa shape index (κ2) is 6.19. The molecule has 1 aromatic rings. The van der Waals surface area contributed by atoms with Crippen LogP contribution in [0.3, 0.4) is 0 Å². The Balaban J connectivity index is 2.92. The van der Waals surface area contributed by atoms with Crippen molar-refractivity contribution in [2.75, 3.05) is 13.9 Å². The van der Waals surface area contributed by atoms with Crippen LogP contribution in [-0.2, 0) is 4.74 Å². The SMILES string of the molecule is COCOc1cc(OC(F)F)cc(C)c1I. The molecule has 0 atom stereocenters. The Kier molecular flexibility index (Phi) is 5.20. The van der Waals surface area contributed by atoms with Gasteiger partial charge in [-0.05, 0) is 41.1 Å². The average molecular weight is 344 g/mol. The Hall–Kier alpha value is -0.630. The molecule has 3 nitrogen and oxygen atoms in total. The number of aryl methyl sites for hydroxylation is 1. The molecular formula is C10H11F2IO3. The Morgan fingerprint density at radius 3 is 2.62 bits per heavy atom. The van der Waals surface area contributed by atoms with E-state index in [1.807, 2.05) is 0 Å². The Morgan fingerprint density at radius 2 is 2.06 bits per heavy atom. The molecular weight excluding hydrogens is 333 g/mol. The minimum Gasteiger partial charge on any atom is -0.466 e. The maximum absolute atomic E-state index is 12.0. The first-order valence-electron chi connectivity index (χ1n) is 4.41. The normalized spacial score (nSPS) is 10.6. The minimum absolute atomic E-state index is 0.0631. The van der Waals surface area contributed by atoms with Crippen molar-refractivity contribution in [2.45, 2.75) is 13.5 Å². The predicted molar refractivity (Wildman–Crippen MR) is 63.0 cm³/mol. The number of methoxy groups -OCH3 is 1. The van der Waals surface area contributed by atoms with Gasteiger partial charge in [-0.15, -0.1) is 0 Å². The van der Waals surface area contributed by atoms with E-state index < -0.39 is 6.61 Å². The van der Waals surface area contributed by atoms with Crippen molar-refractivity contribution >= 4 is 22.6 Å². The molecule has 0 aliphatic heterocycles. The number of alkyl halides is 2. The molecule has 16 heavy (non-hydrogen) atoms. The summed E-state index contributed by atoms with van der Waals surface area (Å²) in [6.07, 6.45) is 0. The minimum atomic E-state index is -2.84. The molecule has 0 aromatic heterocycles. The van der Waals surface area contributed by atoms with Crippen LogP contribution in [0.1, 0.15) is 5.56 Å². The number of hydrogen-bond donors (Lipinski definition) is 0. The first-order valence-corrected chi connectivity index (χ1v) is 5.49. The van der Waals surface area contributed by atoms with Gasteiger partial charge >= 0.3 is 6.61 Å².